The predicted octanol–water partition coefficient (Wildman–Crippen LogP) is 4.03. The maximum absolute atomic E-state index is 12.5. The molecule has 1 spiro atoms. The molecule has 0 N–H and O–H groups in total. The van der Waals surface area contributed by atoms with Gasteiger partial charge in [0.15, 0.2) is 0 Å². The van der Waals surface area contributed by atoms with Crippen molar-refractivity contribution in [1.29, 1.82) is 0 Å². The molecule has 2 aliphatic rings. The first kappa shape index (κ1) is 16.8. The summed E-state index contributed by atoms with van der Waals surface area (Å²) in [5.74, 6) is 0. The fourth-order valence-electron chi connectivity index (χ4n) is 3.24. The molecule has 3 rings (SSSR count). The van der Waals surface area contributed by atoms with Crippen molar-refractivity contribution in [2.75, 3.05) is 19.6 Å². The second-order valence-corrected chi connectivity index (χ2v) is 8.51. The zero-order chi connectivity index (χ0) is 16.7. The molecular formula is C18H25BrN2O2. The van der Waals surface area contributed by atoms with Crippen molar-refractivity contribution >= 4 is 22.0 Å². The van der Waals surface area contributed by atoms with E-state index in [9.17, 15) is 4.79 Å². The molecule has 0 unspecified atom stereocenters. The minimum atomic E-state index is -0.431. The summed E-state index contributed by atoms with van der Waals surface area (Å²) >= 11 is 3.62. The first-order chi connectivity index (χ1) is 10.8. The largest absolute Gasteiger partial charge is 0.444 e. The van der Waals surface area contributed by atoms with Gasteiger partial charge in [0, 0.05) is 30.7 Å². The lowest BCUT2D eigenvalue weighted by molar-refractivity contribution is -0.00810. The van der Waals surface area contributed by atoms with Crippen LogP contribution in [0.2, 0.25) is 0 Å². The molecule has 1 aromatic carbocycles. The SMILES string of the molecule is CC(C)(C)OC(=O)N1CCN(Cc2ccccc2Br)CC12CC2. The lowest BCUT2D eigenvalue weighted by Gasteiger charge is -2.42. The summed E-state index contributed by atoms with van der Waals surface area (Å²) in [5, 5.41) is 0. The molecule has 1 heterocycles. The van der Waals surface area contributed by atoms with Gasteiger partial charge in [0.1, 0.15) is 5.60 Å². The minimum absolute atomic E-state index is 0.00183. The fourth-order valence-corrected chi connectivity index (χ4v) is 3.65. The Morgan fingerprint density at radius 1 is 1.26 bits per heavy atom. The highest BCUT2D eigenvalue weighted by molar-refractivity contribution is 9.10. The molecule has 0 radical (unpaired) electrons. The van der Waals surface area contributed by atoms with Crippen molar-refractivity contribution in [1.82, 2.24) is 9.80 Å². The maximum Gasteiger partial charge on any atom is 0.410 e. The van der Waals surface area contributed by atoms with Crippen LogP contribution in [0.3, 0.4) is 0 Å². The highest BCUT2D eigenvalue weighted by Gasteiger charge is 2.54. The van der Waals surface area contributed by atoms with Gasteiger partial charge in [-0.1, -0.05) is 34.1 Å². The van der Waals surface area contributed by atoms with Crippen molar-refractivity contribution in [2.45, 2.75) is 51.3 Å². The molecule has 1 aliphatic heterocycles. The van der Waals surface area contributed by atoms with Crippen LogP contribution >= 0.6 is 15.9 Å². The van der Waals surface area contributed by atoms with Gasteiger partial charge < -0.3 is 4.74 Å². The van der Waals surface area contributed by atoms with E-state index in [0.717, 1.165) is 43.5 Å². The molecule has 4 nitrogen and oxygen atoms in total. The summed E-state index contributed by atoms with van der Waals surface area (Å²) < 4.78 is 6.74. The number of hydrogen-bond donors (Lipinski definition) is 0. The summed E-state index contributed by atoms with van der Waals surface area (Å²) in [6.07, 6.45) is 2.01. The van der Waals surface area contributed by atoms with Crippen molar-refractivity contribution in [3.05, 3.63) is 34.3 Å². The van der Waals surface area contributed by atoms with E-state index in [-0.39, 0.29) is 11.6 Å². The second kappa shape index (κ2) is 6.10. The topological polar surface area (TPSA) is 32.8 Å². The Balaban J connectivity index is 1.65. The number of hydrogen-bond acceptors (Lipinski definition) is 3. The van der Waals surface area contributed by atoms with Gasteiger partial charge in [-0.05, 0) is 45.2 Å². The lowest BCUT2D eigenvalue weighted by Crippen LogP contribution is -2.57. The van der Waals surface area contributed by atoms with E-state index in [0.29, 0.717) is 0 Å². The number of nitrogens with zero attached hydrogens (tertiary/aromatic N) is 2. The maximum atomic E-state index is 12.5. The fraction of sp³-hybridized carbons (Fsp3) is 0.611. The van der Waals surface area contributed by atoms with E-state index in [1.807, 2.05) is 31.7 Å². The molecule has 5 heteroatoms. The summed E-state index contributed by atoms with van der Waals surface area (Å²) in [6.45, 7) is 9.27. The van der Waals surface area contributed by atoms with Gasteiger partial charge in [0.2, 0.25) is 0 Å². The Hall–Kier alpha value is -1.07. The van der Waals surface area contributed by atoms with Crippen LogP contribution in [0.5, 0.6) is 0 Å². The molecule has 1 saturated carbocycles. The zero-order valence-electron chi connectivity index (χ0n) is 14.1. The quantitative estimate of drug-likeness (QED) is 0.775. The molecule has 0 aromatic heterocycles. The highest BCUT2D eigenvalue weighted by Crippen LogP contribution is 2.45. The summed E-state index contributed by atoms with van der Waals surface area (Å²) in [6, 6.07) is 8.35. The van der Waals surface area contributed by atoms with E-state index in [1.54, 1.807) is 0 Å². The molecular weight excluding hydrogens is 356 g/mol. The second-order valence-electron chi connectivity index (χ2n) is 7.66. The number of carbonyl (C=O) groups is 1. The Bertz CT molecular complexity index is 593. The number of halogens is 1. The number of carbonyl (C=O) groups excluding carboxylic acids is 1. The third-order valence-corrected chi connectivity index (χ3v) is 5.30. The van der Waals surface area contributed by atoms with Gasteiger partial charge in [0.25, 0.3) is 0 Å². The van der Waals surface area contributed by atoms with Crippen LogP contribution in [-0.2, 0) is 11.3 Å². The minimum Gasteiger partial charge on any atom is -0.444 e. The van der Waals surface area contributed by atoms with Crippen LogP contribution in [0, 0.1) is 0 Å². The molecule has 1 amide bonds. The van der Waals surface area contributed by atoms with Crippen LogP contribution in [0.1, 0.15) is 39.2 Å². The van der Waals surface area contributed by atoms with Crippen LogP contribution in [0.4, 0.5) is 4.79 Å². The highest BCUT2D eigenvalue weighted by atomic mass is 79.9. The molecule has 1 aromatic rings. The molecule has 23 heavy (non-hydrogen) atoms. The van der Waals surface area contributed by atoms with Crippen molar-refractivity contribution < 1.29 is 9.53 Å². The van der Waals surface area contributed by atoms with E-state index in [4.69, 9.17) is 4.74 Å². The Morgan fingerprint density at radius 3 is 2.57 bits per heavy atom. The monoisotopic (exact) mass is 380 g/mol. The van der Waals surface area contributed by atoms with Gasteiger partial charge in [-0.25, -0.2) is 4.79 Å². The van der Waals surface area contributed by atoms with Crippen molar-refractivity contribution in [3.63, 3.8) is 0 Å². The van der Waals surface area contributed by atoms with Gasteiger partial charge in [0.05, 0.1) is 5.54 Å². The van der Waals surface area contributed by atoms with Gasteiger partial charge >= 0.3 is 6.09 Å². The predicted molar refractivity (Wildman–Crippen MR) is 94.3 cm³/mol. The first-order valence-electron chi connectivity index (χ1n) is 8.26. The van der Waals surface area contributed by atoms with Gasteiger partial charge in [-0.15, -0.1) is 0 Å². The van der Waals surface area contributed by atoms with E-state index in [1.165, 1.54) is 5.56 Å². The third kappa shape index (κ3) is 3.89. The standard InChI is InChI=1S/C18H25BrN2O2/c1-17(2,3)23-16(22)21-11-10-20(13-18(21)8-9-18)12-14-6-4-5-7-15(14)19/h4-7H,8-13H2,1-3H3. The van der Waals surface area contributed by atoms with Crippen LogP contribution in [-0.4, -0.2) is 46.7 Å². The van der Waals surface area contributed by atoms with Gasteiger partial charge in [-0.3, -0.25) is 9.80 Å². The number of amides is 1. The molecule has 1 saturated heterocycles. The average molecular weight is 381 g/mol. The van der Waals surface area contributed by atoms with Gasteiger partial charge in [-0.2, -0.15) is 0 Å². The average Bonchev–Trinajstić information content (AvgIpc) is 3.19. The Morgan fingerprint density at radius 2 is 1.96 bits per heavy atom. The summed E-state index contributed by atoms with van der Waals surface area (Å²) in [4.78, 5) is 16.9. The lowest BCUT2D eigenvalue weighted by atomic mass is 10.1. The van der Waals surface area contributed by atoms with Crippen LogP contribution in [0.15, 0.2) is 28.7 Å². The Kier molecular flexibility index (Phi) is 4.45. The third-order valence-electron chi connectivity index (χ3n) is 4.52. The molecule has 2 fully saturated rings. The number of ether oxygens (including phenoxy) is 1. The molecule has 0 bridgehead atoms. The summed E-state index contributed by atoms with van der Waals surface area (Å²) in [7, 11) is 0. The summed E-state index contributed by atoms with van der Waals surface area (Å²) in [5.41, 5.74) is 0.870. The zero-order valence-corrected chi connectivity index (χ0v) is 15.7. The Labute approximate surface area is 146 Å². The normalized spacial score (nSPS) is 20.6. The van der Waals surface area contributed by atoms with E-state index in [2.05, 4.69) is 39.0 Å². The van der Waals surface area contributed by atoms with Crippen molar-refractivity contribution in [2.24, 2.45) is 0 Å². The number of rotatable bonds is 2. The number of benzene rings is 1. The van der Waals surface area contributed by atoms with Crippen LogP contribution < -0.4 is 0 Å². The first-order valence-corrected chi connectivity index (χ1v) is 9.05. The van der Waals surface area contributed by atoms with E-state index >= 15 is 0 Å². The smallest absolute Gasteiger partial charge is 0.410 e. The molecule has 0 atom stereocenters. The number of piperazine rings is 1. The molecule has 126 valence electrons. The van der Waals surface area contributed by atoms with E-state index < -0.39 is 5.60 Å². The van der Waals surface area contributed by atoms with Crippen LogP contribution in [0.25, 0.3) is 0 Å². The van der Waals surface area contributed by atoms with Crippen molar-refractivity contribution in [3.8, 4) is 0 Å². The molecule has 1 aliphatic carbocycles.